The van der Waals surface area contributed by atoms with Crippen LogP contribution in [0.25, 0.3) is 0 Å². The van der Waals surface area contributed by atoms with E-state index in [0.717, 1.165) is 44.0 Å². The molecule has 0 amide bonds. The number of aromatic amines is 1. The van der Waals surface area contributed by atoms with Crippen molar-refractivity contribution in [3.63, 3.8) is 0 Å². The highest BCUT2D eigenvalue weighted by atomic mass is 16.5. The number of aromatic nitrogens is 2. The molecule has 122 valence electrons. The molecule has 1 aromatic carbocycles. The van der Waals surface area contributed by atoms with Crippen molar-refractivity contribution in [3.05, 3.63) is 47.5 Å². The number of hydrogen-bond acceptors (Lipinski definition) is 4. The molecule has 1 aromatic heterocycles. The standard InChI is InChI=1S/C18H23N3O2/c1-13-19-10-15(20-13)12-21-9-5-6-14(11-21)18(22)16-7-3-4-8-17(16)23-2/h3-4,7-8,10,14H,5-6,9,11-12H2,1-2H3,(H,19,20)/t14-/m0/s1. The van der Waals surface area contributed by atoms with Crippen LogP contribution in [0.3, 0.4) is 0 Å². The van der Waals surface area contributed by atoms with Gasteiger partial charge in [-0.3, -0.25) is 9.69 Å². The molecule has 1 atom stereocenters. The SMILES string of the molecule is COc1ccccc1C(=O)[C@H]1CCCN(Cc2cnc(C)[nH]2)C1. The van der Waals surface area contributed by atoms with Gasteiger partial charge in [0.1, 0.15) is 11.6 Å². The first kappa shape index (κ1) is 15.7. The predicted octanol–water partition coefficient (Wildman–Crippen LogP) is 2.82. The van der Waals surface area contributed by atoms with Gasteiger partial charge in [-0.2, -0.15) is 0 Å². The maximum Gasteiger partial charge on any atom is 0.170 e. The van der Waals surface area contributed by atoms with E-state index in [9.17, 15) is 4.79 Å². The van der Waals surface area contributed by atoms with Crippen LogP contribution in [-0.4, -0.2) is 40.9 Å². The number of piperidine rings is 1. The number of rotatable bonds is 5. The maximum absolute atomic E-state index is 12.9. The average Bonchev–Trinajstić information content (AvgIpc) is 2.99. The van der Waals surface area contributed by atoms with Gasteiger partial charge in [0.15, 0.2) is 5.78 Å². The van der Waals surface area contributed by atoms with Gasteiger partial charge in [-0.15, -0.1) is 0 Å². The molecule has 2 aromatic rings. The number of likely N-dealkylation sites (tertiary alicyclic amines) is 1. The Bertz CT molecular complexity index is 680. The van der Waals surface area contributed by atoms with Crippen molar-refractivity contribution in [1.82, 2.24) is 14.9 Å². The fourth-order valence-electron chi connectivity index (χ4n) is 3.27. The Hall–Kier alpha value is -2.14. The molecule has 1 fully saturated rings. The summed E-state index contributed by atoms with van der Waals surface area (Å²) in [5, 5.41) is 0. The minimum atomic E-state index is 0.0315. The summed E-state index contributed by atoms with van der Waals surface area (Å²) in [7, 11) is 1.61. The minimum Gasteiger partial charge on any atom is -0.496 e. The number of methoxy groups -OCH3 is 1. The maximum atomic E-state index is 12.9. The van der Waals surface area contributed by atoms with Crippen LogP contribution >= 0.6 is 0 Å². The first-order chi connectivity index (χ1) is 11.2. The van der Waals surface area contributed by atoms with Gasteiger partial charge in [-0.1, -0.05) is 12.1 Å². The highest BCUT2D eigenvalue weighted by Crippen LogP contribution is 2.26. The molecule has 1 saturated heterocycles. The van der Waals surface area contributed by atoms with Crippen LogP contribution in [0.4, 0.5) is 0 Å². The number of ketones is 1. The van der Waals surface area contributed by atoms with E-state index in [0.29, 0.717) is 11.3 Å². The van der Waals surface area contributed by atoms with Gasteiger partial charge in [0.05, 0.1) is 12.7 Å². The second kappa shape index (κ2) is 6.96. The third-order valence-electron chi connectivity index (χ3n) is 4.40. The molecule has 5 nitrogen and oxygen atoms in total. The number of aryl methyl sites for hydroxylation is 1. The van der Waals surface area contributed by atoms with E-state index >= 15 is 0 Å². The third-order valence-corrected chi connectivity index (χ3v) is 4.40. The van der Waals surface area contributed by atoms with E-state index < -0.39 is 0 Å². The fourth-order valence-corrected chi connectivity index (χ4v) is 3.27. The summed E-state index contributed by atoms with van der Waals surface area (Å²) in [4.78, 5) is 22.7. The number of nitrogens with one attached hydrogen (secondary N) is 1. The highest BCUT2D eigenvalue weighted by molar-refractivity contribution is 6.00. The lowest BCUT2D eigenvalue weighted by Crippen LogP contribution is -2.38. The second-order valence-electron chi connectivity index (χ2n) is 6.13. The van der Waals surface area contributed by atoms with Gasteiger partial charge in [-0.05, 0) is 38.4 Å². The third kappa shape index (κ3) is 3.62. The number of imidazole rings is 1. The normalized spacial score (nSPS) is 18.8. The first-order valence-electron chi connectivity index (χ1n) is 8.07. The lowest BCUT2D eigenvalue weighted by molar-refractivity contribution is 0.0807. The van der Waals surface area contributed by atoms with E-state index in [1.807, 2.05) is 37.4 Å². The summed E-state index contributed by atoms with van der Waals surface area (Å²) in [5.74, 6) is 1.81. The molecule has 0 spiro atoms. The van der Waals surface area contributed by atoms with Crippen LogP contribution in [-0.2, 0) is 6.54 Å². The van der Waals surface area contributed by atoms with Crippen LogP contribution < -0.4 is 4.74 Å². The Kier molecular flexibility index (Phi) is 4.76. The lowest BCUT2D eigenvalue weighted by Gasteiger charge is -2.31. The Labute approximate surface area is 136 Å². The molecule has 23 heavy (non-hydrogen) atoms. The highest BCUT2D eigenvalue weighted by Gasteiger charge is 2.28. The monoisotopic (exact) mass is 313 g/mol. The van der Waals surface area contributed by atoms with Gasteiger partial charge in [0, 0.05) is 30.9 Å². The van der Waals surface area contributed by atoms with Crippen molar-refractivity contribution in [1.29, 1.82) is 0 Å². The number of H-pyrrole nitrogens is 1. The number of nitrogens with zero attached hydrogens (tertiary/aromatic N) is 2. The summed E-state index contributed by atoms with van der Waals surface area (Å²) >= 11 is 0. The first-order valence-corrected chi connectivity index (χ1v) is 8.07. The molecule has 1 aliphatic rings. The lowest BCUT2D eigenvalue weighted by atomic mass is 9.89. The Balaban J connectivity index is 1.69. The smallest absolute Gasteiger partial charge is 0.170 e. The molecule has 1 aliphatic heterocycles. The van der Waals surface area contributed by atoms with Crippen LogP contribution in [0, 0.1) is 12.8 Å². The molecular formula is C18H23N3O2. The number of carbonyl (C=O) groups is 1. The molecular weight excluding hydrogens is 290 g/mol. The van der Waals surface area contributed by atoms with Gasteiger partial charge < -0.3 is 9.72 Å². The Morgan fingerprint density at radius 1 is 1.43 bits per heavy atom. The summed E-state index contributed by atoms with van der Waals surface area (Å²) in [6.45, 7) is 4.58. The molecule has 5 heteroatoms. The van der Waals surface area contributed by atoms with Crippen molar-refractivity contribution in [3.8, 4) is 5.75 Å². The van der Waals surface area contributed by atoms with E-state index in [1.165, 1.54) is 0 Å². The van der Waals surface area contributed by atoms with Crippen LogP contribution in [0.5, 0.6) is 5.75 Å². The van der Waals surface area contributed by atoms with Gasteiger partial charge in [0.2, 0.25) is 0 Å². The predicted molar refractivity (Wildman–Crippen MR) is 88.7 cm³/mol. The Morgan fingerprint density at radius 2 is 2.26 bits per heavy atom. The van der Waals surface area contributed by atoms with Gasteiger partial charge in [-0.25, -0.2) is 4.98 Å². The molecule has 0 bridgehead atoms. The Morgan fingerprint density at radius 3 is 3.00 bits per heavy atom. The average molecular weight is 313 g/mol. The zero-order chi connectivity index (χ0) is 16.2. The summed E-state index contributed by atoms with van der Waals surface area (Å²) in [6, 6.07) is 7.49. The summed E-state index contributed by atoms with van der Waals surface area (Å²) in [5.41, 5.74) is 1.80. The van der Waals surface area contributed by atoms with Crippen LogP contribution in [0.2, 0.25) is 0 Å². The van der Waals surface area contributed by atoms with Crippen LogP contribution in [0.15, 0.2) is 30.5 Å². The van der Waals surface area contributed by atoms with E-state index in [1.54, 1.807) is 7.11 Å². The number of hydrogen-bond donors (Lipinski definition) is 1. The topological polar surface area (TPSA) is 58.2 Å². The molecule has 1 N–H and O–H groups in total. The fraction of sp³-hybridized carbons (Fsp3) is 0.444. The van der Waals surface area contributed by atoms with Crippen molar-refractivity contribution in [2.24, 2.45) is 5.92 Å². The number of carbonyl (C=O) groups excluding carboxylic acids is 1. The molecule has 0 saturated carbocycles. The number of ether oxygens (including phenoxy) is 1. The van der Waals surface area contributed by atoms with Crippen molar-refractivity contribution in [2.75, 3.05) is 20.2 Å². The van der Waals surface area contributed by atoms with Gasteiger partial charge in [0.25, 0.3) is 0 Å². The number of benzene rings is 1. The largest absolute Gasteiger partial charge is 0.496 e. The van der Waals surface area contributed by atoms with E-state index in [4.69, 9.17) is 4.74 Å². The van der Waals surface area contributed by atoms with Crippen molar-refractivity contribution >= 4 is 5.78 Å². The van der Waals surface area contributed by atoms with Crippen molar-refractivity contribution in [2.45, 2.75) is 26.3 Å². The molecule has 3 rings (SSSR count). The number of para-hydroxylation sites is 1. The molecule has 0 unspecified atom stereocenters. The van der Waals surface area contributed by atoms with Gasteiger partial charge >= 0.3 is 0 Å². The minimum absolute atomic E-state index is 0.0315. The quantitative estimate of drug-likeness (QED) is 0.862. The molecule has 0 radical (unpaired) electrons. The zero-order valence-electron chi connectivity index (χ0n) is 13.7. The second-order valence-corrected chi connectivity index (χ2v) is 6.13. The van der Waals surface area contributed by atoms with Crippen molar-refractivity contribution < 1.29 is 9.53 Å². The van der Waals surface area contributed by atoms with Crippen LogP contribution in [0.1, 0.15) is 34.7 Å². The molecule has 2 heterocycles. The molecule has 0 aliphatic carbocycles. The summed E-state index contributed by atoms with van der Waals surface area (Å²) in [6.07, 6.45) is 3.86. The summed E-state index contributed by atoms with van der Waals surface area (Å²) < 4.78 is 5.33. The van der Waals surface area contributed by atoms with E-state index in [2.05, 4.69) is 14.9 Å². The number of Topliss-reactive ketones (excluding diaryl/α,β-unsaturated/α-hetero) is 1. The van der Waals surface area contributed by atoms with E-state index in [-0.39, 0.29) is 11.7 Å². The zero-order valence-corrected chi connectivity index (χ0v) is 13.7.